The van der Waals surface area contributed by atoms with E-state index in [2.05, 4.69) is 31.2 Å². The van der Waals surface area contributed by atoms with Crippen LogP contribution in [0.4, 0.5) is 0 Å². The maximum atomic E-state index is 12.7. The smallest absolute Gasteiger partial charge is 0.237 e. The molecule has 1 aliphatic heterocycles. The third-order valence-electron chi connectivity index (χ3n) is 4.56. The number of sulfone groups is 1. The molecule has 0 saturated carbocycles. The highest BCUT2D eigenvalue weighted by molar-refractivity contribution is 7.91. The van der Waals surface area contributed by atoms with Crippen LogP contribution in [0, 0.1) is 6.92 Å². The van der Waals surface area contributed by atoms with Crippen molar-refractivity contribution < 1.29 is 13.2 Å². The maximum Gasteiger partial charge on any atom is 0.237 e. The van der Waals surface area contributed by atoms with E-state index in [0.29, 0.717) is 19.5 Å². The molecule has 1 atom stereocenters. The van der Waals surface area contributed by atoms with E-state index in [4.69, 9.17) is 0 Å². The van der Waals surface area contributed by atoms with Gasteiger partial charge in [0.1, 0.15) is 0 Å². The summed E-state index contributed by atoms with van der Waals surface area (Å²) in [6.45, 7) is 5.69. The van der Waals surface area contributed by atoms with Crippen LogP contribution in [0.1, 0.15) is 30.9 Å². The summed E-state index contributed by atoms with van der Waals surface area (Å²) in [5, 5.41) is 0. The number of hydrogen-bond acceptors (Lipinski definition) is 4. The van der Waals surface area contributed by atoms with E-state index in [0.717, 1.165) is 12.0 Å². The Morgan fingerprint density at radius 2 is 1.92 bits per heavy atom. The van der Waals surface area contributed by atoms with Gasteiger partial charge in [0.25, 0.3) is 0 Å². The van der Waals surface area contributed by atoms with Crippen LogP contribution < -0.4 is 0 Å². The minimum absolute atomic E-state index is 0.0400. The number of rotatable bonds is 7. The fourth-order valence-electron chi connectivity index (χ4n) is 3.04. The monoisotopic (exact) mass is 352 g/mol. The van der Waals surface area contributed by atoms with Crippen molar-refractivity contribution in [3.8, 4) is 0 Å². The summed E-state index contributed by atoms with van der Waals surface area (Å²) in [5.74, 6) is 0.463. The first-order chi connectivity index (χ1) is 11.3. The number of aryl methyl sites for hydroxylation is 1. The summed E-state index contributed by atoms with van der Waals surface area (Å²) in [7, 11) is -1.08. The largest absolute Gasteiger partial charge is 0.337 e. The van der Waals surface area contributed by atoms with E-state index in [1.165, 1.54) is 5.56 Å². The van der Waals surface area contributed by atoms with Gasteiger partial charge in [-0.1, -0.05) is 36.8 Å². The van der Waals surface area contributed by atoms with Gasteiger partial charge in [0, 0.05) is 19.1 Å². The minimum Gasteiger partial charge on any atom is -0.337 e. The lowest BCUT2D eigenvalue weighted by Crippen LogP contribution is -2.43. The molecule has 0 aromatic heterocycles. The first-order valence-electron chi connectivity index (χ1n) is 8.54. The van der Waals surface area contributed by atoms with E-state index in [1.807, 2.05) is 23.8 Å². The second-order valence-corrected chi connectivity index (χ2v) is 9.00. The van der Waals surface area contributed by atoms with Crippen molar-refractivity contribution in [2.24, 2.45) is 0 Å². The lowest BCUT2D eigenvalue weighted by molar-refractivity contribution is -0.133. The van der Waals surface area contributed by atoms with Crippen LogP contribution in [-0.2, 0) is 21.2 Å². The summed E-state index contributed by atoms with van der Waals surface area (Å²) in [6.07, 6.45) is 1.52. The van der Waals surface area contributed by atoms with Crippen molar-refractivity contribution in [1.29, 1.82) is 0 Å². The van der Waals surface area contributed by atoms with Gasteiger partial charge in [0.05, 0.1) is 18.1 Å². The summed E-state index contributed by atoms with van der Waals surface area (Å²) < 4.78 is 23.2. The van der Waals surface area contributed by atoms with E-state index < -0.39 is 9.84 Å². The summed E-state index contributed by atoms with van der Waals surface area (Å²) in [4.78, 5) is 16.4. The number of nitrogens with zero attached hydrogens (tertiary/aromatic N) is 2. The first-order valence-corrected chi connectivity index (χ1v) is 10.4. The predicted octanol–water partition coefficient (Wildman–Crippen LogP) is 1.85. The molecular formula is C18H28N2O3S. The Labute approximate surface area is 145 Å². The van der Waals surface area contributed by atoms with Crippen LogP contribution >= 0.6 is 0 Å². The van der Waals surface area contributed by atoms with Gasteiger partial charge in [-0.15, -0.1) is 0 Å². The quantitative estimate of drug-likeness (QED) is 0.751. The molecule has 0 spiro atoms. The van der Waals surface area contributed by atoms with E-state index in [-0.39, 0.29) is 30.0 Å². The molecule has 0 bridgehead atoms. The molecule has 2 rings (SSSR count). The van der Waals surface area contributed by atoms with Crippen molar-refractivity contribution in [2.75, 3.05) is 31.6 Å². The summed E-state index contributed by atoms with van der Waals surface area (Å²) in [6, 6.07) is 8.18. The number of likely N-dealkylation sites (N-methyl/N-ethyl adjacent to an activating group) is 1. The fraction of sp³-hybridized carbons (Fsp3) is 0.611. The van der Waals surface area contributed by atoms with Gasteiger partial charge in [-0.3, -0.25) is 9.69 Å². The lowest BCUT2D eigenvalue weighted by Gasteiger charge is -2.28. The Morgan fingerprint density at radius 3 is 2.46 bits per heavy atom. The zero-order valence-electron chi connectivity index (χ0n) is 14.9. The summed E-state index contributed by atoms with van der Waals surface area (Å²) in [5.41, 5.74) is 2.32. The van der Waals surface area contributed by atoms with Crippen LogP contribution in [0.25, 0.3) is 0 Å². The molecule has 6 heteroatoms. The molecule has 1 heterocycles. The van der Waals surface area contributed by atoms with Crippen molar-refractivity contribution in [2.45, 2.75) is 39.3 Å². The zero-order valence-corrected chi connectivity index (χ0v) is 15.7. The van der Waals surface area contributed by atoms with Gasteiger partial charge in [0.2, 0.25) is 5.91 Å². The normalized spacial score (nSPS) is 19.6. The van der Waals surface area contributed by atoms with Gasteiger partial charge < -0.3 is 4.90 Å². The Balaban J connectivity index is 1.96. The van der Waals surface area contributed by atoms with Crippen LogP contribution in [-0.4, -0.2) is 61.8 Å². The van der Waals surface area contributed by atoms with E-state index >= 15 is 0 Å². The SMILES string of the molecule is CCCN(Cc1ccc(C)cc1)C(=O)CN(C)C1CCS(=O)(=O)C1. The Morgan fingerprint density at radius 1 is 1.25 bits per heavy atom. The van der Waals surface area contributed by atoms with Gasteiger partial charge in [-0.2, -0.15) is 0 Å². The fourth-order valence-corrected chi connectivity index (χ4v) is 4.85. The molecule has 24 heavy (non-hydrogen) atoms. The number of amides is 1. The highest BCUT2D eigenvalue weighted by atomic mass is 32.2. The zero-order chi connectivity index (χ0) is 17.7. The van der Waals surface area contributed by atoms with Crippen molar-refractivity contribution >= 4 is 15.7 Å². The molecule has 1 aliphatic rings. The molecule has 1 amide bonds. The number of hydrogen-bond donors (Lipinski definition) is 0. The molecule has 0 radical (unpaired) electrons. The Kier molecular flexibility index (Phi) is 6.40. The maximum absolute atomic E-state index is 12.7. The van der Waals surface area contributed by atoms with Crippen LogP contribution in [0.15, 0.2) is 24.3 Å². The topological polar surface area (TPSA) is 57.7 Å². The van der Waals surface area contributed by atoms with Gasteiger partial charge in [0.15, 0.2) is 9.84 Å². The molecule has 1 saturated heterocycles. The number of carbonyl (C=O) groups is 1. The Hall–Kier alpha value is -1.40. The molecule has 0 N–H and O–H groups in total. The highest BCUT2D eigenvalue weighted by Gasteiger charge is 2.31. The van der Waals surface area contributed by atoms with Crippen molar-refractivity contribution in [1.82, 2.24) is 9.80 Å². The molecule has 1 aromatic rings. The molecule has 134 valence electrons. The van der Waals surface area contributed by atoms with Crippen LogP contribution in [0.5, 0.6) is 0 Å². The predicted molar refractivity (Wildman–Crippen MR) is 96.6 cm³/mol. The average molecular weight is 353 g/mol. The minimum atomic E-state index is -2.93. The average Bonchev–Trinajstić information content (AvgIpc) is 2.89. The molecule has 1 unspecified atom stereocenters. The molecular weight excluding hydrogens is 324 g/mol. The standard InChI is InChI=1S/C18H28N2O3S/c1-4-10-20(12-16-7-5-15(2)6-8-16)18(21)13-19(3)17-9-11-24(22,23)14-17/h5-8,17H,4,9-14H2,1-3H3. The highest BCUT2D eigenvalue weighted by Crippen LogP contribution is 2.17. The molecule has 1 aromatic carbocycles. The third kappa shape index (κ3) is 5.31. The summed E-state index contributed by atoms with van der Waals surface area (Å²) >= 11 is 0. The third-order valence-corrected chi connectivity index (χ3v) is 6.31. The molecule has 1 fully saturated rings. The second kappa shape index (κ2) is 8.12. The van der Waals surface area contributed by atoms with Crippen molar-refractivity contribution in [3.05, 3.63) is 35.4 Å². The van der Waals surface area contributed by atoms with E-state index in [9.17, 15) is 13.2 Å². The first kappa shape index (κ1) is 18.9. The van der Waals surface area contributed by atoms with Gasteiger partial charge >= 0.3 is 0 Å². The van der Waals surface area contributed by atoms with Gasteiger partial charge in [-0.25, -0.2) is 8.42 Å². The van der Waals surface area contributed by atoms with Crippen molar-refractivity contribution in [3.63, 3.8) is 0 Å². The molecule has 5 nitrogen and oxygen atoms in total. The van der Waals surface area contributed by atoms with Gasteiger partial charge in [-0.05, 0) is 32.4 Å². The van der Waals surface area contributed by atoms with Crippen LogP contribution in [0.2, 0.25) is 0 Å². The molecule has 0 aliphatic carbocycles. The lowest BCUT2D eigenvalue weighted by atomic mass is 10.1. The Bertz CT molecular complexity index is 655. The number of carbonyl (C=O) groups excluding carboxylic acids is 1. The van der Waals surface area contributed by atoms with Crippen LogP contribution in [0.3, 0.4) is 0 Å². The second-order valence-electron chi connectivity index (χ2n) is 6.77. The number of benzene rings is 1. The van der Waals surface area contributed by atoms with E-state index in [1.54, 1.807) is 0 Å².